The van der Waals surface area contributed by atoms with Gasteiger partial charge in [-0.2, -0.15) is 36.7 Å². The van der Waals surface area contributed by atoms with Crippen LogP contribution in [0.25, 0.3) is 27.8 Å². The SMILES string of the molecule is N#Cc1n[nH]c2ccc(-n3c(C(F)(F)F)nc4ccc(C(F)(F)F)nc43)cc12. The second kappa shape index (κ2) is 5.69. The van der Waals surface area contributed by atoms with Gasteiger partial charge in [-0.3, -0.25) is 9.67 Å². The molecule has 0 aliphatic heterocycles. The molecular weight excluding hydrogens is 390 g/mol. The Morgan fingerprint density at radius 3 is 2.36 bits per heavy atom. The van der Waals surface area contributed by atoms with E-state index in [1.165, 1.54) is 18.2 Å². The average molecular weight is 396 g/mol. The van der Waals surface area contributed by atoms with Gasteiger partial charge in [0.05, 0.1) is 11.2 Å². The molecule has 142 valence electrons. The minimum absolute atomic E-state index is 0.0706. The molecule has 4 aromatic rings. The summed E-state index contributed by atoms with van der Waals surface area (Å²) in [6.45, 7) is 0. The number of aromatic nitrogens is 5. The molecule has 0 unspecified atom stereocenters. The first kappa shape index (κ1) is 17.8. The van der Waals surface area contributed by atoms with E-state index in [0.29, 0.717) is 16.2 Å². The van der Waals surface area contributed by atoms with Crippen molar-refractivity contribution in [1.29, 1.82) is 5.26 Å². The summed E-state index contributed by atoms with van der Waals surface area (Å²) >= 11 is 0. The van der Waals surface area contributed by atoms with Gasteiger partial charge in [0.15, 0.2) is 11.3 Å². The zero-order valence-corrected chi connectivity index (χ0v) is 13.4. The number of H-pyrrole nitrogens is 1. The van der Waals surface area contributed by atoms with Gasteiger partial charge in [-0.05, 0) is 30.3 Å². The van der Waals surface area contributed by atoms with Gasteiger partial charge >= 0.3 is 12.4 Å². The molecule has 1 N–H and O–H groups in total. The minimum atomic E-state index is -4.96. The molecule has 3 aromatic heterocycles. The number of hydrogen-bond donors (Lipinski definition) is 1. The van der Waals surface area contributed by atoms with Gasteiger partial charge in [0.25, 0.3) is 0 Å². The number of pyridine rings is 1. The highest BCUT2D eigenvalue weighted by atomic mass is 19.4. The molecule has 0 amide bonds. The number of aromatic amines is 1. The number of fused-ring (bicyclic) bond motifs is 2. The summed E-state index contributed by atoms with van der Waals surface area (Å²) in [6, 6.07) is 6.97. The molecule has 0 bridgehead atoms. The highest BCUT2D eigenvalue weighted by molar-refractivity contribution is 5.86. The van der Waals surface area contributed by atoms with Crippen LogP contribution in [0, 0.1) is 11.3 Å². The molecule has 0 aliphatic rings. The van der Waals surface area contributed by atoms with Crippen LogP contribution in [0.1, 0.15) is 17.2 Å². The Morgan fingerprint density at radius 1 is 0.964 bits per heavy atom. The molecule has 0 radical (unpaired) electrons. The summed E-state index contributed by atoms with van der Waals surface area (Å²) in [5.41, 5.74) is -2.17. The van der Waals surface area contributed by atoms with Crippen molar-refractivity contribution in [3.63, 3.8) is 0 Å². The molecule has 1 aromatic carbocycles. The average Bonchev–Trinajstić information content (AvgIpc) is 3.20. The predicted octanol–water partition coefficient (Wildman–Crippen LogP) is 4.21. The van der Waals surface area contributed by atoms with Crippen molar-refractivity contribution < 1.29 is 26.3 Å². The Kier molecular flexibility index (Phi) is 3.61. The van der Waals surface area contributed by atoms with Crippen LogP contribution < -0.4 is 0 Å². The first-order chi connectivity index (χ1) is 13.1. The fourth-order valence-electron chi connectivity index (χ4n) is 2.78. The van der Waals surface area contributed by atoms with Crippen LogP contribution in [0.2, 0.25) is 0 Å². The van der Waals surface area contributed by atoms with Crippen molar-refractivity contribution in [2.75, 3.05) is 0 Å². The van der Waals surface area contributed by atoms with Crippen LogP contribution in [0.5, 0.6) is 0 Å². The van der Waals surface area contributed by atoms with Gasteiger partial charge in [0.1, 0.15) is 17.3 Å². The second-order valence-corrected chi connectivity index (χ2v) is 5.72. The predicted molar refractivity (Wildman–Crippen MR) is 83.2 cm³/mol. The van der Waals surface area contributed by atoms with Crippen molar-refractivity contribution >= 4 is 22.1 Å². The normalized spacial score (nSPS) is 12.6. The molecule has 3 heterocycles. The van der Waals surface area contributed by atoms with Crippen LogP contribution in [-0.4, -0.2) is 24.7 Å². The third kappa shape index (κ3) is 2.72. The first-order valence-corrected chi connectivity index (χ1v) is 7.52. The number of nitrogens with one attached hydrogen (secondary N) is 1. The molecule has 28 heavy (non-hydrogen) atoms. The number of alkyl halides is 6. The molecule has 4 rings (SSSR count). The smallest absolute Gasteiger partial charge is 0.276 e. The summed E-state index contributed by atoms with van der Waals surface area (Å²) in [4.78, 5) is 6.77. The highest BCUT2D eigenvalue weighted by Gasteiger charge is 2.40. The van der Waals surface area contributed by atoms with Crippen molar-refractivity contribution in [3.05, 3.63) is 47.5 Å². The lowest BCUT2D eigenvalue weighted by Gasteiger charge is -2.12. The largest absolute Gasteiger partial charge is 0.450 e. The minimum Gasteiger partial charge on any atom is -0.276 e. The van der Waals surface area contributed by atoms with E-state index < -0.39 is 29.5 Å². The van der Waals surface area contributed by atoms with Gasteiger partial charge in [0.2, 0.25) is 5.82 Å². The zero-order valence-electron chi connectivity index (χ0n) is 13.4. The topological polar surface area (TPSA) is 83.2 Å². The maximum Gasteiger partial charge on any atom is 0.450 e. The van der Waals surface area contributed by atoms with Gasteiger partial charge < -0.3 is 0 Å². The van der Waals surface area contributed by atoms with E-state index in [2.05, 4.69) is 20.2 Å². The Labute approximate surface area is 151 Å². The van der Waals surface area contributed by atoms with Crippen LogP contribution in [0.4, 0.5) is 26.3 Å². The van der Waals surface area contributed by atoms with E-state index in [-0.39, 0.29) is 22.3 Å². The molecule has 0 aliphatic carbocycles. The van der Waals surface area contributed by atoms with Crippen molar-refractivity contribution in [2.45, 2.75) is 12.4 Å². The molecule has 0 atom stereocenters. The van der Waals surface area contributed by atoms with E-state index in [1.807, 2.05) is 0 Å². The van der Waals surface area contributed by atoms with Crippen LogP contribution >= 0.6 is 0 Å². The number of benzene rings is 1. The maximum absolute atomic E-state index is 13.5. The summed E-state index contributed by atoms with van der Waals surface area (Å²) in [5.74, 6) is -1.43. The molecule has 12 heteroatoms. The Balaban J connectivity index is 2.07. The van der Waals surface area contributed by atoms with Crippen molar-refractivity contribution in [3.8, 4) is 11.8 Å². The van der Waals surface area contributed by atoms with Crippen LogP contribution in [0.15, 0.2) is 30.3 Å². The quantitative estimate of drug-likeness (QED) is 0.489. The summed E-state index contributed by atoms with van der Waals surface area (Å²) in [7, 11) is 0. The van der Waals surface area contributed by atoms with Crippen LogP contribution in [-0.2, 0) is 12.4 Å². The number of nitriles is 1. The highest BCUT2D eigenvalue weighted by Crippen LogP contribution is 2.36. The molecule has 6 nitrogen and oxygen atoms in total. The number of hydrogen-bond acceptors (Lipinski definition) is 4. The fraction of sp³-hybridized carbons (Fsp3) is 0.125. The van der Waals surface area contributed by atoms with Crippen molar-refractivity contribution in [2.24, 2.45) is 0 Å². The third-order valence-corrected chi connectivity index (χ3v) is 3.96. The van der Waals surface area contributed by atoms with E-state index in [9.17, 15) is 26.3 Å². The van der Waals surface area contributed by atoms with Crippen LogP contribution in [0.3, 0.4) is 0 Å². The molecule has 0 saturated carbocycles. The molecule has 0 spiro atoms. The molecular formula is C16H6F6N6. The Bertz CT molecular complexity index is 1260. The monoisotopic (exact) mass is 396 g/mol. The lowest BCUT2D eigenvalue weighted by molar-refractivity contribution is -0.145. The zero-order chi connectivity index (χ0) is 20.3. The summed E-state index contributed by atoms with van der Waals surface area (Å²) in [6.07, 6.45) is -9.80. The number of halogens is 6. The van der Waals surface area contributed by atoms with E-state index in [1.54, 1.807) is 6.07 Å². The number of rotatable bonds is 1. The van der Waals surface area contributed by atoms with E-state index >= 15 is 0 Å². The standard InChI is InChI=1S/C16H6F6N6/c17-15(18,19)12-4-3-10-13(25-12)28(14(24-10)16(20,21)22)7-1-2-9-8(5-7)11(6-23)27-26-9/h1-5H,(H,26,27). The number of imidazole rings is 1. The van der Waals surface area contributed by atoms with Gasteiger partial charge in [-0.15, -0.1) is 0 Å². The second-order valence-electron chi connectivity index (χ2n) is 5.72. The molecule has 0 saturated heterocycles. The Morgan fingerprint density at radius 2 is 1.71 bits per heavy atom. The fourth-order valence-corrected chi connectivity index (χ4v) is 2.78. The Hall–Kier alpha value is -3.62. The first-order valence-electron chi connectivity index (χ1n) is 7.52. The van der Waals surface area contributed by atoms with Gasteiger partial charge in [0, 0.05) is 5.39 Å². The maximum atomic E-state index is 13.5. The van der Waals surface area contributed by atoms with E-state index in [4.69, 9.17) is 5.26 Å². The summed E-state index contributed by atoms with van der Waals surface area (Å²) in [5, 5.41) is 15.5. The third-order valence-electron chi connectivity index (χ3n) is 3.96. The lowest BCUT2D eigenvalue weighted by atomic mass is 10.2. The van der Waals surface area contributed by atoms with Crippen molar-refractivity contribution in [1.82, 2.24) is 24.7 Å². The van der Waals surface area contributed by atoms with Gasteiger partial charge in [-0.1, -0.05) is 0 Å². The summed E-state index contributed by atoms with van der Waals surface area (Å²) < 4.78 is 80.0. The lowest BCUT2D eigenvalue weighted by Crippen LogP contribution is -2.14. The van der Waals surface area contributed by atoms with E-state index in [0.717, 1.165) is 6.07 Å². The number of nitrogens with zero attached hydrogens (tertiary/aromatic N) is 5. The molecule has 0 fully saturated rings. The van der Waals surface area contributed by atoms with Gasteiger partial charge in [-0.25, -0.2) is 9.97 Å².